The number of rotatable bonds is 5. The fraction of sp³-hybridized carbons (Fsp3) is 0.438. The third-order valence-electron chi connectivity index (χ3n) is 3.40. The molecular formula is C16H23FIN3. The van der Waals surface area contributed by atoms with E-state index in [0.29, 0.717) is 6.04 Å². The summed E-state index contributed by atoms with van der Waals surface area (Å²) in [4.78, 5) is 4.22. The molecule has 0 aliphatic heterocycles. The van der Waals surface area contributed by atoms with E-state index in [-0.39, 0.29) is 29.8 Å². The second kappa shape index (κ2) is 9.76. The van der Waals surface area contributed by atoms with Crippen molar-refractivity contribution in [2.24, 2.45) is 4.99 Å². The van der Waals surface area contributed by atoms with Crippen LogP contribution < -0.4 is 10.6 Å². The number of nitrogens with zero attached hydrogens (tertiary/aromatic N) is 1. The normalized spacial score (nSPS) is 14.9. The van der Waals surface area contributed by atoms with E-state index >= 15 is 0 Å². The molecule has 0 unspecified atom stereocenters. The third-order valence-corrected chi connectivity index (χ3v) is 3.40. The summed E-state index contributed by atoms with van der Waals surface area (Å²) in [6.45, 7) is 0.830. The third kappa shape index (κ3) is 6.46. The Morgan fingerprint density at radius 2 is 2.10 bits per heavy atom. The van der Waals surface area contributed by atoms with Gasteiger partial charge < -0.3 is 10.6 Å². The largest absolute Gasteiger partial charge is 0.356 e. The number of hydrogen-bond donors (Lipinski definition) is 2. The van der Waals surface area contributed by atoms with Crippen molar-refractivity contribution in [3.05, 3.63) is 47.8 Å². The van der Waals surface area contributed by atoms with Crippen molar-refractivity contribution in [2.45, 2.75) is 31.7 Å². The number of benzene rings is 1. The highest BCUT2D eigenvalue weighted by atomic mass is 127. The van der Waals surface area contributed by atoms with Gasteiger partial charge in [-0.1, -0.05) is 24.3 Å². The summed E-state index contributed by atoms with van der Waals surface area (Å²) >= 11 is 0. The highest BCUT2D eigenvalue weighted by Gasteiger charge is 2.10. The van der Waals surface area contributed by atoms with Crippen LogP contribution in [0.25, 0.3) is 0 Å². The Labute approximate surface area is 143 Å². The zero-order valence-corrected chi connectivity index (χ0v) is 14.6. The van der Waals surface area contributed by atoms with Crippen molar-refractivity contribution < 1.29 is 4.39 Å². The predicted molar refractivity (Wildman–Crippen MR) is 96.8 cm³/mol. The molecule has 0 radical (unpaired) electrons. The lowest BCUT2D eigenvalue weighted by molar-refractivity contribution is 0.621. The molecule has 0 heterocycles. The molecule has 2 rings (SSSR count). The lowest BCUT2D eigenvalue weighted by Crippen LogP contribution is -2.42. The van der Waals surface area contributed by atoms with Crippen molar-refractivity contribution in [3.63, 3.8) is 0 Å². The second-order valence-electron chi connectivity index (χ2n) is 5.02. The van der Waals surface area contributed by atoms with E-state index in [1.807, 2.05) is 6.07 Å². The van der Waals surface area contributed by atoms with Gasteiger partial charge in [0.2, 0.25) is 0 Å². The molecule has 2 N–H and O–H groups in total. The Hall–Kier alpha value is -1.11. The number of nitrogens with one attached hydrogen (secondary N) is 2. The predicted octanol–water partition coefficient (Wildman–Crippen LogP) is 3.26. The van der Waals surface area contributed by atoms with Gasteiger partial charge >= 0.3 is 0 Å². The van der Waals surface area contributed by atoms with E-state index in [2.05, 4.69) is 27.8 Å². The number of halogens is 2. The molecule has 0 saturated carbocycles. The highest BCUT2D eigenvalue weighted by molar-refractivity contribution is 14.0. The average Bonchev–Trinajstić information content (AvgIpc) is 2.95. The zero-order chi connectivity index (χ0) is 14.2. The first kappa shape index (κ1) is 17.9. The molecule has 0 amide bonds. The summed E-state index contributed by atoms with van der Waals surface area (Å²) in [5.41, 5.74) is 1.04. The molecule has 116 valence electrons. The van der Waals surface area contributed by atoms with Gasteiger partial charge in [-0.15, -0.1) is 24.0 Å². The molecule has 3 nitrogen and oxygen atoms in total. The number of aliphatic imine (C=N–C) groups is 1. The zero-order valence-electron chi connectivity index (χ0n) is 12.3. The molecule has 5 heteroatoms. The monoisotopic (exact) mass is 403 g/mol. The lowest BCUT2D eigenvalue weighted by atomic mass is 10.1. The van der Waals surface area contributed by atoms with Crippen LogP contribution in [0.2, 0.25) is 0 Å². The first-order chi connectivity index (χ1) is 9.78. The number of hydrogen-bond acceptors (Lipinski definition) is 1. The Morgan fingerprint density at radius 1 is 1.33 bits per heavy atom. The van der Waals surface area contributed by atoms with Gasteiger partial charge in [0.15, 0.2) is 5.96 Å². The van der Waals surface area contributed by atoms with Gasteiger partial charge in [-0.2, -0.15) is 0 Å². The minimum atomic E-state index is -0.165. The SMILES string of the molecule is CN=C(NCCCc1cccc(F)c1)NC1CC=CC1.I. The van der Waals surface area contributed by atoms with Gasteiger partial charge in [-0.25, -0.2) is 4.39 Å². The second-order valence-corrected chi connectivity index (χ2v) is 5.02. The van der Waals surface area contributed by atoms with Crippen molar-refractivity contribution in [1.29, 1.82) is 0 Å². The van der Waals surface area contributed by atoms with Crippen molar-refractivity contribution in [1.82, 2.24) is 10.6 Å². The van der Waals surface area contributed by atoms with Crippen molar-refractivity contribution >= 4 is 29.9 Å². The average molecular weight is 403 g/mol. The fourth-order valence-electron chi connectivity index (χ4n) is 2.31. The summed E-state index contributed by atoms with van der Waals surface area (Å²) < 4.78 is 13.0. The molecule has 0 atom stereocenters. The van der Waals surface area contributed by atoms with E-state index in [0.717, 1.165) is 43.8 Å². The maximum atomic E-state index is 13.0. The smallest absolute Gasteiger partial charge is 0.191 e. The van der Waals surface area contributed by atoms with Crippen LogP contribution in [0.15, 0.2) is 41.4 Å². The van der Waals surface area contributed by atoms with E-state index in [1.165, 1.54) is 6.07 Å². The van der Waals surface area contributed by atoms with E-state index in [9.17, 15) is 4.39 Å². The molecule has 0 spiro atoms. The van der Waals surface area contributed by atoms with Gasteiger partial charge in [0.25, 0.3) is 0 Å². The van der Waals surface area contributed by atoms with E-state index < -0.39 is 0 Å². The molecule has 1 aromatic rings. The highest BCUT2D eigenvalue weighted by Crippen LogP contribution is 2.08. The Kier molecular flexibility index (Phi) is 8.34. The number of aryl methyl sites for hydroxylation is 1. The molecule has 1 aliphatic carbocycles. The van der Waals surface area contributed by atoms with Gasteiger partial charge in [-0.3, -0.25) is 4.99 Å². The topological polar surface area (TPSA) is 36.4 Å². The van der Waals surface area contributed by atoms with Gasteiger partial charge in [0.05, 0.1) is 0 Å². The van der Waals surface area contributed by atoms with E-state index in [1.54, 1.807) is 19.2 Å². The number of guanidine groups is 1. The molecule has 21 heavy (non-hydrogen) atoms. The van der Waals surface area contributed by atoms with Crippen LogP contribution in [0, 0.1) is 5.82 Å². The Bertz CT molecular complexity index is 480. The standard InChI is InChI=1S/C16H22FN3.HI/c1-18-16(20-15-9-2-3-10-15)19-11-5-7-13-6-4-8-14(17)12-13;/h2-4,6,8,12,15H,5,7,9-11H2,1H3,(H2,18,19,20);1H. The van der Waals surface area contributed by atoms with Gasteiger partial charge in [-0.05, 0) is 43.4 Å². The Morgan fingerprint density at radius 3 is 2.76 bits per heavy atom. The summed E-state index contributed by atoms with van der Waals surface area (Å²) in [5, 5.41) is 6.69. The van der Waals surface area contributed by atoms with Crippen molar-refractivity contribution in [3.8, 4) is 0 Å². The van der Waals surface area contributed by atoms with Crippen LogP contribution >= 0.6 is 24.0 Å². The maximum absolute atomic E-state index is 13.0. The molecule has 0 bridgehead atoms. The van der Waals surface area contributed by atoms with Crippen LogP contribution in [0.5, 0.6) is 0 Å². The molecule has 1 aromatic carbocycles. The van der Waals surface area contributed by atoms with Crippen LogP contribution in [0.4, 0.5) is 4.39 Å². The molecule has 0 fully saturated rings. The lowest BCUT2D eigenvalue weighted by Gasteiger charge is -2.16. The van der Waals surface area contributed by atoms with Crippen molar-refractivity contribution in [2.75, 3.05) is 13.6 Å². The first-order valence-corrected chi connectivity index (χ1v) is 7.14. The summed E-state index contributed by atoms with van der Waals surface area (Å²) in [7, 11) is 1.78. The minimum Gasteiger partial charge on any atom is -0.356 e. The Balaban J connectivity index is 0.00000220. The quantitative estimate of drug-likeness (QED) is 0.260. The summed E-state index contributed by atoms with van der Waals surface area (Å²) in [6.07, 6.45) is 8.32. The van der Waals surface area contributed by atoms with Gasteiger partial charge in [0, 0.05) is 19.6 Å². The van der Waals surface area contributed by atoms with Gasteiger partial charge in [0.1, 0.15) is 5.82 Å². The molecular weight excluding hydrogens is 380 g/mol. The van der Waals surface area contributed by atoms with Crippen LogP contribution in [-0.2, 0) is 6.42 Å². The van der Waals surface area contributed by atoms with Crippen LogP contribution in [-0.4, -0.2) is 25.6 Å². The minimum absolute atomic E-state index is 0. The summed E-state index contributed by atoms with van der Waals surface area (Å²) in [6, 6.07) is 7.25. The van der Waals surface area contributed by atoms with Crippen LogP contribution in [0.1, 0.15) is 24.8 Å². The molecule has 1 aliphatic rings. The molecule has 0 aromatic heterocycles. The molecule has 0 saturated heterocycles. The fourth-order valence-corrected chi connectivity index (χ4v) is 2.31. The van der Waals surface area contributed by atoms with Crippen LogP contribution in [0.3, 0.4) is 0 Å². The summed E-state index contributed by atoms with van der Waals surface area (Å²) in [5.74, 6) is 0.680. The van der Waals surface area contributed by atoms with E-state index in [4.69, 9.17) is 0 Å². The first-order valence-electron chi connectivity index (χ1n) is 7.14. The maximum Gasteiger partial charge on any atom is 0.191 e.